The number of hydrogen-bond acceptors (Lipinski definition) is 6. The monoisotopic (exact) mass is 451 g/mol. The molecule has 1 aromatic heterocycles. The minimum absolute atomic E-state index is 0.361. The number of rotatable bonds is 6. The molecule has 0 saturated heterocycles. The van der Waals surface area contributed by atoms with Gasteiger partial charge in [0.15, 0.2) is 0 Å². The molecule has 0 fully saturated rings. The number of thiophene rings is 1. The fourth-order valence-corrected chi connectivity index (χ4v) is 4.38. The van der Waals surface area contributed by atoms with Crippen LogP contribution in [-0.2, 0) is 22.6 Å². The summed E-state index contributed by atoms with van der Waals surface area (Å²) >= 11 is 0.294. The van der Waals surface area contributed by atoms with Crippen LogP contribution in [-0.4, -0.2) is 32.9 Å². The van der Waals surface area contributed by atoms with Gasteiger partial charge in [0.2, 0.25) is 0 Å². The first kappa shape index (κ1) is 24.7. The largest absolute Gasteiger partial charge is 0.598 e. The molecule has 0 aliphatic carbocycles. The predicted molar refractivity (Wildman–Crippen MR) is 125 cm³/mol. The Morgan fingerprint density at radius 3 is 2.43 bits per heavy atom. The second-order valence-corrected chi connectivity index (χ2v) is 12.3. The third-order valence-corrected chi connectivity index (χ3v) is 6.90. The van der Waals surface area contributed by atoms with E-state index in [1.807, 2.05) is 77.9 Å². The maximum Gasteiger partial charge on any atom is 0.410 e. The maximum absolute atomic E-state index is 12.3. The number of nitrogens with one attached hydrogen (secondary N) is 1. The van der Waals surface area contributed by atoms with Crippen molar-refractivity contribution in [2.24, 2.45) is 5.73 Å². The quantitative estimate of drug-likeness (QED) is 0.487. The fourth-order valence-electron chi connectivity index (χ4n) is 2.57. The Kier molecular flexibility index (Phi) is 7.98. The van der Waals surface area contributed by atoms with Crippen LogP contribution in [0.5, 0.6) is 0 Å². The van der Waals surface area contributed by atoms with E-state index in [2.05, 4.69) is 4.72 Å². The molecular weight excluding hydrogens is 418 g/mol. The zero-order valence-electron chi connectivity index (χ0n) is 18.8. The van der Waals surface area contributed by atoms with E-state index in [0.29, 0.717) is 6.54 Å². The Morgan fingerprint density at radius 2 is 1.83 bits per heavy atom. The molecule has 2 atom stereocenters. The SMILES string of the molecule is CN(Cc1ccccc1-c1ccc([C@H](N)N[S+]([O-])C(C)(C)C)s1)C(=O)OC(C)(C)C. The van der Waals surface area contributed by atoms with Crippen LogP contribution in [0.3, 0.4) is 0 Å². The number of carbonyl (C=O) groups is 1. The third-order valence-electron chi connectivity index (χ3n) is 4.12. The molecule has 8 heteroatoms. The van der Waals surface area contributed by atoms with Crippen molar-refractivity contribution in [2.75, 3.05) is 7.05 Å². The normalized spacial score (nSPS) is 14.3. The smallest absolute Gasteiger partial charge is 0.410 e. The average Bonchev–Trinajstić information content (AvgIpc) is 3.09. The van der Waals surface area contributed by atoms with Crippen LogP contribution >= 0.6 is 11.3 Å². The van der Waals surface area contributed by atoms with E-state index >= 15 is 0 Å². The van der Waals surface area contributed by atoms with Crippen LogP contribution in [0.1, 0.15) is 58.1 Å². The van der Waals surface area contributed by atoms with Crippen molar-refractivity contribution in [1.82, 2.24) is 9.62 Å². The summed E-state index contributed by atoms with van der Waals surface area (Å²) in [5.41, 5.74) is 7.75. The topological polar surface area (TPSA) is 90.6 Å². The number of nitrogens with zero attached hydrogens (tertiary/aromatic N) is 1. The molecule has 166 valence electrons. The summed E-state index contributed by atoms with van der Waals surface area (Å²) in [6, 6.07) is 11.9. The summed E-state index contributed by atoms with van der Waals surface area (Å²) in [6.07, 6.45) is -0.875. The van der Waals surface area contributed by atoms with Crippen LogP contribution in [0.25, 0.3) is 10.4 Å². The van der Waals surface area contributed by atoms with Crippen molar-refractivity contribution in [3.8, 4) is 10.4 Å². The molecule has 1 heterocycles. The van der Waals surface area contributed by atoms with Gasteiger partial charge < -0.3 is 19.9 Å². The number of carbonyl (C=O) groups excluding carboxylic acids is 1. The molecule has 0 spiro atoms. The highest BCUT2D eigenvalue weighted by Gasteiger charge is 2.29. The minimum Gasteiger partial charge on any atom is -0.598 e. The second-order valence-electron chi connectivity index (χ2n) is 9.17. The van der Waals surface area contributed by atoms with Crippen molar-refractivity contribution in [2.45, 2.75) is 64.6 Å². The third kappa shape index (κ3) is 6.99. The molecule has 0 aliphatic rings. The van der Waals surface area contributed by atoms with Gasteiger partial charge in [0.05, 0.1) is 0 Å². The Labute approximate surface area is 187 Å². The fraction of sp³-hybridized carbons (Fsp3) is 0.500. The van der Waals surface area contributed by atoms with Crippen molar-refractivity contribution >= 4 is 28.8 Å². The second kappa shape index (κ2) is 9.70. The van der Waals surface area contributed by atoms with Gasteiger partial charge in [-0.1, -0.05) is 24.3 Å². The van der Waals surface area contributed by atoms with Crippen LogP contribution in [0, 0.1) is 0 Å². The van der Waals surface area contributed by atoms with Gasteiger partial charge in [-0.15, -0.1) is 16.1 Å². The lowest BCUT2D eigenvalue weighted by Gasteiger charge is -2.26. The van der Waals surface area contributed by atoms with E-state index < -0.39 is 27.9 Å². The summed E-state index contributed by atoms with van der Waals surface area (Å²) in [5.74, 6) is 0. The molecule has 2 aromatic rings. The van der Waals surface area contributed by atoms with Gasteiger partial charge in [-0.2, -0.15) is 0 Å². The first-order chi connectivity index (χ1) is 13.8. The van der Waals surface area contributed by atoms with E-state index in [-0.39, 0.29) is 6.09 Å². The minimum atomic E-state index is -1.26. The van der Waals surface area contributed by atoms with E-state index in [0.717, 1.165) is 20.9 Å². The number of amides is 1. The van der Waals surface area contributed by atoms with Gasteiger partial charge in [-0.25, -0.2) is 4.79 Å². The summed E-state index contributed by atoms with van der Waals surface area (Å²) < 4.78 is 20.4. The molecule has 0 bridgehead atoms. The van der Waals surface area contributed by atoms with Crippen LogP contribution < -0.4 is 10.5 Å². The number of hydrogen-bond donors (Lipinski definition) is 2. The van der Waals surface area contributed by atoms with Crippen LogP contribution in [0.15, 0.2) is 36.4 Å². The number of ether oxygens (including phenoxy) is 1. The average molecular weight is 452 g/mol. The van der Waals surface area contributed by atoms with E-state index in [1.165, 1.54) is 0 Å². The first-order valence-corrected chi connectivity index (χ1v) is 11.8. The zero-order valence-corrected chi connectivity index (χ0v) is 20.4. The van der Waals surface area contributed by atoms with E-state index in [4.69, 9.17) is 10.5 Å². The van der Waals surface area contributed by atoms with Crippen molar-refractivity contribution < 1.29 is 14.1 Å². The Balaban J connectivity index is 2.17. The summed E-state index contributed by atoms with van der Waals surface area (Å²) in [6.45, 7) is 11.7. The molecule has 2 rings (SSSR count). The van der Waals surface area contributed by atoms with Gasteiger partial charge in [-0.3, -0.25) is 0 Å². The standard InChI is InChI=1S/C22H33N3O3S2/c1-21(2,3)28-20(26)25(7)14-15-10-8-9-11-16(15)17-12-13-18(29-17)19(23)24-30(27)22(4,5)6/h8-13,19,24H,14,23H2,1-7H3/t19-,30?/m1/s1. The first-order valence-electron chi connectivity index (χ1n) is 9.83. The van der Waals surface area contributed by atoms with Gasteiger partial charge in [-0.05, 0) is 64.8 Å². The lowest BCUT2D eigenvalue weighted by molar-refractivity contribution is 0.0285. The van der Waals surface area contributed by atoms with Gasteiger partial charge in [0, 0.05) is 34.7 Å². The Hall–Kier alpha value is -1.58. The maximum atomic E-state index is 12.3. The summed E-state index contributed by atoms with van der Waals surface area (Å²) in [5, 5.41) is 0. The van der Waals surface area contributed by atoms with Crippen LogP contribution in [0.4, 0.5) is 4.79 Å². The molecule has 0 radical (unpaired) electrons. The Morgan fingerprint density at radius 1 is 1.20 bits per heavy atom. The number of benzene rings is 1. The zero-order chi connectivity index (χ0) is 22.7. The number of nitrogens with two attached hydrogens (primary N) is 1. The highest BCUT2D eigenvalue weighted by Crippen LogP contribution is 2.33. The van der Waals surface area contributed by atoms with Crippen molar-refractivity contribution in [3.05, 3.63) is 46.8 Å². The van der Waals surface area contributed by atoms with Crippen LogP contribution in [0.2, 0.25) is 0 Å². The molecule has 3 N–H and O–H groups in total. The molecule has 30 heavy (non-hydrogen) atoms. The molecule has 6 nitrogen and oxygen atoms in total. The summed E-state index contributed by atoms with van der Waals surface area (Å²) in [7, 11) is 1.73. The van der Waals surface area contributed by atoms with E-state index in [1.54, 1.807) is 23.3 Å². The molecule has 1 unspecified atom stereocenters. The Bertz CT molecular complexity index is 856. The lowest BCUT2D eigenvalue weighted by atomic mass is 10.1. The highest BCUT2D eigenvalue weighted by atomic mass is 32.2. The molecule has 0 saturated carbocycles. The van der Waals surface area contributed by atoms with Gasteiger partial charge in [0.25, 0.3) is 0 Å². The van der Waals surface area contributed by atoms with Gasteiger partial charge >= 0.3 is 6.09 Å². The van der Waals surface area contributed by atoms with Gasteiger partial charge in [0.1, 0.15) is 16.5 Å². The molecule has 1 aromatic carbocycles. The van der Waals surface area contributed by atoms with E-state index in [9.17, 15) is 9.35 Å². The van der Waals surface area contributed by atoms with Crippen molar-refractivity contribution in [3.63, 3.8) is 0 Å². The lowest BCUT2D eigenvalue weighted by Crippen LogP contribution is -2.43. The molecule has 0 aliphatic heterocycles. The summed E-state index contributed by atoms with van der Waals surface area (Å²) in [4.78, 5) is 15.8. The van der Waals surface area contributed by atoms with Crippen molar-refractivity contribution in [1.29, 1.82) is 0 Å². The molecular formula is C22H33N3O3S2. The molecule has 1 amide bonds. The highest BCUT2D eigenvalue weighted by molar-refractivity contribution is 7.90. The predicted octanol–water partition coefficient (Wildman–Crippen LogP) is 4.79.